The number of likely N-dealkylation sites (N-methyl/N-ethyl adjacent to an activating group) is 1. The molecule has 0 amide bonds. The fourth-order valence-electron chi connectivity index (χ4n) is 3.35. The molecule has 3 nitrogen and oxygen atoms in total. The molecule has 0 aromatic heterocycles. The van der Waals surface area contributed by atoms with Gasteiger partial charge in [-0.2, -0.15) is 0 Å². The van der Waals surface area contributed by atoms with Crippen LogP contribution in [-0.4, -0.2) is 53.5 Å². The van der Waals surface area contributed by atoms with Crippen molar-refractivity contribution in [3.8, 4) is 0 Å². The number of ether oxygens (including phenoxy) is 1. The third-order valence-corrected chi connectivity index (χ3v) is 6.30. The standard InChI is InChI=1S/C19H39NO2S/c1-4-6-8-10-12-19(13-11-9-7-5-2)22-18(17-23-19)16-20(3)14-15-21/h18,21H,4-17H2,1-3H3. The minimum absolute atomic E-state index is 0.0756. The van der Waals surface area contributed by atoms with Gasteiger partial charge in [-0.1, -0.05) is 52.4 Å². The zero-order chi connectivity index (χ0) is 17.0. The van der Waals surface area contributed by atoms with Crippen molar-refractivity contribution in [2.45, 2.75) is 89.1 Å². The average molecular weight is 346 g/mol. The van der Waals surface area contributed by atoms with Crippen LogP contribution in [0.25, 0.3) is 0 Å². The number of hydrogen-bond donors (Lipinski definition) is 1. The molecular weight excluding hydrogens is 306 g/mol. The van der Waals surface area contributed by atoms with Crippen LogP contribution in [0.3, 0.4) is 0 Å². The summed E-state index contributed by atoms with van der Waals surface area (Å²) in [6.45, 7) is 6.46. The Morgan fingerprint density at radius 1 is 1.04 bits per heavy atom. The Kier molecular flexibility index (Phi) is 11.6. The van der Waals surface area contributed by atoms with Gasteiger partial charge in [0.05, 0.1) is 12.7 Å². The van der Waals surface area contributed by atoms with Gasteiger partial charge in [-0.15, -0.1) is 11.8 Å². The van der Waals surface area contributed by atoms with E-state index in [-0.39, 0.29) is 11.5 Å². The Balaban J connectivity index is 2.44. The van der Waals surface area contributed by atoms with E-state index in [0.29, 0.717) is 6.10 Å². The van der Waals surface area contributed by atoms with Crippen LogP contribution in [0.5, 0.6) is 0 Å². The van der Waals surface area contributed by atoms with Crippen molar-refractivity contribution in [1.82, 2.24) is 4.90 Å². The monoisotopic (exact) mass is 345 g/mol. The maximum absolute atomic E-state index is 9.06. The quantitative estimate of drug-likeness (QED) is 0.463. The van der Waals surface area contributed by atoms with Crippen molar-refractivity contribution in [2.24, 2.45) is 0 Å². The molecule has 23 heavy (non-hydrogen) atoms. The molecule has 1 unspecified atom stereocenters. The molecule has 1 fully saturated rings. The summed E-state index contributed by atoms with van der Waals surface area (Å²) >= 11 is 2.06. The van der Waals surface area contributed by atoms with E-state index in [1.165, 1.54) is 64.2 Å². The highest BCUT2D eigenvalue weighted by Crippen LogP contribution is 2.44. The minimum atomic E-state index is 0.0756. The van der Waals surface area contributed by atoms with E-state index in [2.05, 4.69) is 37.6 Å². The van der Waals surface area contributed by atoms with Gasteiger partial charge in [0.15, 0.2) is 0 Å². The number of thioether (sulfide) groups is 1. The average Bonchev–Trinajstić information content (AvgIpc) is 2.92. The molecule has 1 saturated heterocycles. The molecule has 0 spiro atoms. The van der Waals surface area contributed by atoms with Gasteiger partial charge in [0.1, 0.15) is 4.93 Å². The van der Waals surface area contributed by atoms with Crippen molar-refractivity contribution in [1.29, 1.82) is 0 Å². The first kappa shape index (κ1) is 21.3. The molecular formula is C19H39NO2S. The van der Waals surface area contributed by atoms with E-state index in [4.69, 9.17) is 9.84 Å². The van der Waals surface area contributed by atoms with Crippen LogP contribution in [0, 0.1) is 0 Å². The molecule has 1 atom stereocenters. The predicted octanol–water partition coefficient (Wildman–Crippen LogP) is 4.68. The van der Waals surface area contributed by atoms with Crippen molar-refractivity contribution >= 4 is 11.8 Å². The van der Waals surface area contributed by atoms with Gasteiger partial charge in [0.2, 0.25) is 0 Å². The third-order valence-electron chi connectivity index (χ3n) is 4.73. The normalized spacial score (nSPS) is 20.5. The zero-order valence-electron chi connectivity index (χ0n) is 15.7. The lowest BCUT2D eigenvalue weighted by atomic mass is 10.0. The lowest BCUT2D eigenvalue weighted by Gasteiger charge is -2.30. The lowest BCUT2D eigenvalue weighted by Crippen LogP contribution is -2.35. The molecule has 0 aromatic carbocycles. The summed E-state index contributed by atoms with van der Waals surface area (Å²) in [7, 11) is 2.08. The molecule has 4 heteroatoms. The van der Waals surface area contributed by atoms with E-state index in [1.807, 2.05) is 0 Å². The van der Waals surface area contributed by atoms with Gasteiger partial charge >= 0.3 is 0 Å². The van der Waals surface area contributed by atoms with E-state index in [0.717, 1.165) is 18.8 Å². The van der Waals surface area contributed by atoms with Crippen LogP contribution in [0.2, 0.25) is 0 Å². The van der Waals surface area contributed by atoms with Crippen LogP contribution < -0.4 is 0 Å². The van der Waals surface area contributed by atoms with Gasteiger partial charge in [-0.25, -0.2) is 0 Å². The van der Waals surface area contributed by atoms with Crippen LogP contribution in [0.1, 0.15) is 78.1 Å². The molecule has 0 radical (unpaired) electrons. The van der Waals surface area contributed by atoms with Gasteiger partial charge in [-0.3, -0.25) is 0 Å². The highest BCUT2D eigenvalue weighted by molar-refractivity contribution is 8.00. The molecule has 1 aliphatic rings. The lowest BCUT2D eigenvalue weighted by molar-refractivity contribution is -0.0315. The molecule has 0 aliphatic carbocycles. The third kappa shape index (κ3) is 8.76. The summed E-state index contributed by atoms with van der Waals surface area (Å²) < 4.78 is 6.57. The summed E-state index contributed by atoms with van der Waals surface area (Å²) in [4.78, 5) is 2.27. The second kappa shape index (κ2) is 12.6. The van der Waals surface area contributed by atoms with Crippen LogP contribution in [0.15, 0.2) is 0 Å². The van der Waals surface area contributed by atoms with Crippen LogP contribution in [0.4, 0.5) is 0 Å². The van der Waals surface area contributed by atoms with Gasteiger partial charge < -0.3 is 14.7 Å². The van der Waals surface area contributed by atoms with Gasteiger partial charge in [0, 0.05) is 18.8 Å². The number of rotatable bonds is 14. The molecule has 1 aliphatic heterocycles. The molecule has 0 saturated carbocycles. The number of hydrogen-bond acceptors (Lipinski definition) is 4. The first-order valence-corrected chi connectivity index (χ1v) is 10.8. The van der Waals surface area contributed by atoms with Gasteiger partial charge in [0.25, 0.3) is 0 Å². The second-order valence-electron chi connectivity index (χ2n) is 7.07. The first-order chi connectivity index (χ1) is 11.2. The van der Waals surface area contributed by atoms with Crippen LogP contribution >= 0.6 is 11.8 Å². The smallest absolute Gasteiger partial charge is 0.114 e. The molecule has 138 valence electrons. The van der Waals surface area contributed by atoms with Crippen molar-refractivity contribution in [3.63, 3.8) is 0 Å². The van der Waals surface area contributed by atoms with E-state index in [9.17, 15) is 0 Å². The van der Waals surface area contributed by atoms with Crippen LogP contribution in [-0.2, 0) is 4.74 Å². The van der Waals surface area contributed by atoms with E-state index >= 15 is 0 Å². The number of unbranched alkanes of at least 4 members (excludes halogenated alkanes) is 6. The summed E-state index contributed by atoms with van der Waals surface area (Å²) in [6, 6.07) is 0. The topological polar surface area (TPSA) is 32.7 Å². The SMILES string of the molecule is CCCCCCC1(CCCCCC)OC(CN(C)CCO)CS1. The Bertz CT molecular complexity index is 277. The minimum Gasteiger partial charge on any atom is -0.395 e. The largest absolute Gasteiger partial charge is 0.395 e. The van der Waals surface area contributed by atoms with Crippen molar-refractivity contribution in [2.75, 3.05) is 32.5 Å². The summed E-state index contributed by atoms with van der Waals surface area (Å²) in [6.07, 6.45) is 13.3. The Morgan fingerprint density at radius 2 is 1.65 bits per heavy atom. The fourth-order valence-corrected chi connectivity index (χ4v) is 4.79. The number of aliphatic hydroxyl groups excluding tert-OH is 1. The number of aliphatic hydroxyl groups is 1. The Labute approximate surface area is 148 Å². The van der Waals surface area contributed by atoms with E-state index in [1.54, 1.807) is 0 Å². The number of nitrogens with zero attached hydrogens (tertiary/aromatic N) is 1. The fraction of sp³-hybridized carbons (Fsp3) is 1.00. The predicted molar refractivity (Wildman–Crippen MR) is 102 cm³/mol. The van der Waals surface area contributed by atoms with Gasteiger partial charge in [-0.05, 0) is 32.7 Å². The maximum atomic E-state index is 9.06. The summed E-state index contributed by atoms with van der Waals surface area (Å²) in [5, 5.41) is 9.06. The van der Waals surface area contributed by atoms with Crippen molar-refractivity contribution in [3.05, 3.63) is 0 Å². The highest BCUT2D eigenvalue weighted by atomic mass is 32.2. The van der Waals surface area contributed by atoms with E-state index < -0.39 is 0 Å². The molecule has 1 heterocycles. The molecule has 1 rings (SSSR count). The first-order valence-electron chi connectivity index (χ1n) is 9.77. The highest BCUT2D eigenvalue weighted by Gasteiger charge is 2.40. The molecule has 1 N–H and O–H groups in total. The zero-order valence-corrected chi connectivity index (χ0v) is 16.5. The molecule has 0 aromatic rings. The second-order valence-corrected chi connectivity index (χ2v) is 8.43. The molecule has 0 bridgehead atoms. The summed E-state index contributed by atoms with van der Waals surface area (Å²) in [5.74, 6) is 1.11. The Hall–Kier alpha value is 0.230. The maximum Gasteiger partial charge on any atom is 0.114 e. The Morgan fingerprint density at radius 3 is 2.17 bits per heavy atom. The van der Waals surface area contributed by atoms with Crippen molar-refractivity contribution < 1.29 is 9.84 Å². The summed E-state index contributed by atoms with van der Waals surface area (Å²) in [5.41, 5.74) is 0.